The zero-order chi connectivity index (χ0) is 22.5. The van der Waals surface area contributed by atoms with Crippen molar-refractivity contribution in [2.45, 2.75) is 25.4 Å². The molecule has 33 heavy (non-hydrogen) atoms. The second-order valence-electron chi connectivity index (χ2n) is 7.92. The Labute approximate surface area is 217 Å². The van der Waals surface area contributed by atoms with Gasteiger partial charge in [0.25, 0.3) is 0 Å². The first-order valence-corrected chi connectivity index (χ1v) is 10.6. The number of hydrogen-bond acceptors (Lipinski definition) is 6. The fraction of sp³-hybridized carbons (Fsp3) is 0.375. The molecule has 8 nitrogen and oxygen atoms in total. The predicted molar refractivity (Wildman–Crippen MR) is 117 cm³/mol. The van der Waals surface area contributed by atoms with E-state index >= 15 is 0 Å². The number of aromatic nitrogens is 1. The maximum absolute atomic E-state index is 12.3. The Hall–Kier alpha value is -2.27. The van der Waals surface area contributed by atoms with Gasteiger partial charge in [-0.05, 0) is 24.2 Å². The van der Waals surface area contributed by atoms with Crippen molar-refractivity contribution in [3.05, 3.63) is 77.9 Å². The van der Waals surface area contributed by atoms with E-state index in [-0.39, 0.29) is 42.9 Å². The number of nitrogens with one attached hydrogen (secondary N) is 1. The van der Waals surface area contributed by atoms with Gasteiger partial charge in [0, 0.05) is 37.6 Å². The molecule has 3 aliphatic heterocycles. The van der Waals surface area contributed by atoms with Crippen molar-refractivity contribution >= 4 is 11.8 Å². The smallest absolute Gasteiger partial charge is 0.397 e. The zero-order valence-electron chi connectivity index (χ0n) is 18.4. The van der Waals surface area contributed by atoms with E-state index in [0.29, 0.717) is 30.7 Å². The molecular formula is C24H26N4O4U. The third kappa shape index (κ3) is 6.41. The molecule has 4 aliphatic rings. The van der Waals surface area contributed by atoms with Gasteiger partial charge in [0.1, 0.15) is 6.04 Å². The molecule has 1 aromatic rings. The summed E-state index contributed by atoms with van der Waals surface area (Å²) in [6, 6.07) is 1.45. The number of amides is 2. The summed E-state index contributed by atoms with van der Waals surface area (Å²) in [4.78, 5) is 28.2. The van der Waals surface area contributed by atoms with Gasteiger partial charge in [-0.15, -0.1) is 16.8 Å². The summed E-state index contributed by atoms with van der Waals surface area (Å²) in [5.41, 5.74) is 5.93. The van der Waals surface area contributed by atoms with Crippen molar-refractivity contribution in [3.8, 4) is 0 Å². The van der Waals surface area contributed by atoms with Crippen LogP contribution in [0.15, 0.2) is 58.0 Å². The SMILES string of the molecule is C=C1CCC(N2CC3=[C-]C=CC=C=C3C2=O)C(=O)N1.[CH2-]c1cc(CN2CCOCC2)no1.[U+2]. The summed E-state index contributed by atoms with van der Waals surface area (Å²) in [6.45, 7) is 12.2. The molecule has 3 fully saturated rings. The molecule has 9 heteroatoms. The summed E-state index contributed by atoms with van der Waals surface area (Å²) < 4.78 is 10.1. The Bertz CT molecular complexity index is 1030. The molecule has 0 aromatic carbocycles. The molecular weight excluding hydrogens is 646 g/mol. The number of hydrogen-bond donors (Lipinski definition) is 1. The zero-order valence-corrected chi connectivity index (χ0v) is 22.6. The molecule has 1 N–H and O–H groups in total. The van der Waals surface area contributed by atoms with Crippen LogP contribution in [0.2, 0.25) is 0 Å². The maximum atomic E-state index is 12.3. The molecule has 1 atom stereocenters. The number of piperidine rings is 1. The Morgan fingerprint density at radius 1 is 1.33 bits per heavy atom. The molecule has 1 unspecified atom stereocenters. The first kappa shape index (κ1) is 25.4. The first-order chi connectivity index (χ1) is 15.5. The van der Waals surface area contributed by atoms with E-state index in [1.54, 1.807) is 23.1 Å². The summed E-state index contributed by atoms with van der Waals surface area (Å²) in [6.07, 6.45) is 9.63. The molecule has 4 heterocycles. The van der Waals surface area contributed by atoms with Crippen molar-refractivity contribution in [2.75, 3.05) is 32.8 Å². The molecule has 0 spiro atoms. The van der Waals surface area contributed by atoms with E-state index in [9.17, 15) is 9.59 Å². The molecule has 3 saturated heterocycles. The third-order valence-electron chi connectivity index (χ3n) is 5.58. The van der Waals surface area contributed by atoms with Crippen LogP contribution in [0.25, 0.3) is 0 Å². The van der Waals surface area contributed by atoms with Gasteiger partial charge in [0.15, 0.2) is 0 Å². The molecule has 170 valence electrons. The van der Waals surface area contributed by atoms with Crippen LogP contribution in [0.4, 0.5) is 0 Å². The fourth-order valence-electron chi connectivity index (χ4n) is 3.92. The third-order valence-corrected chi connectivity index (χ3v) is 5.58. The average molecular weight is 673 g/mol. The van der Waals surface area contributed by atoms with E-state index in [1.807, 2.05) is 6.07 Å². The first-order valence-electron chi connectivity index (χ1n) is 10.6. The summed E-state index contributed by atoms with van der Waals surface area (Å²) in [5.74, 6) is 0.333. The van der Waals surface area contributed by atoms with Crippen LogP contribution in [0.3, 0.4) is 0 Å². The van der Waals surface area contributed by atoms with Gasteiger partial charge in [0.2, 0.25) is 11.8 Å². The van der Waals surface area contributed by atoms with Crippen LogP contribution in [0.5, 0.6) is 0 Å². The van der Waals surface area contributed by atoms with E-state index < -0.39 is 6.04 Å². The normalized spacial score (nSPS) is 22.4. The Morgan fingerprint density at radius 2 is 2.12 bits per heavy atom. The van der Waals surface area contributed by atoms with E-state index in [1.165, 1.54) is 0 Å². The van der Waals surface area contributed by atoms with Crippen LogP contribution >= 0.6 is 0 Å². The van der Waals surface area contributed by atoms with Crippen molar-refractivity contribution in [2.24, 2.45) is 0 Å². The molecule has 5 rings (SSSR count). The van der Waals surface area contributed by atoms with Crippen LogP contribution in [-0.2, 0) is 20.9 Å². The number of ether oxygens (including phenoxy) is 1. The minimum absolute atomic E-state index is 0. The predicted octanol–water partition coefficient (Wildman–Crippen LogP) is 1.69. The second kappa shape index (κ2) is 11.7. The number of nitrogens with zero attached hydrogens (tertiary/aromatic N) is 3. The maximum Gasteiger partial charge on any atom is 2.00 e. The minimum Gasteiger partial charge on any atom is -0.397 e. The van der Waals surface area contributed by atoms with E-state index in [0.717, 1.165) is 49.8 Å². The van der Waals surface area contributed by atoms with Crippen LogP contribution in [0.1, 0.15) is 24.3 Å². The monoisotopic (exact) mass is 672 g/mol. The molecule has 0 radical (unpaired) electrons. The number of carbonyl (C=O) groups is 2. The van der Waals surface area contributed by atoms with Gasteiger partial charge in [-0.3, -0.25) is 14.5 Å². The van der Waals surface area contributed by atoms with Gasteiger partial charge >= 0.3 is 31.1 Å². The summed E-state index contributed by atoms with van der Waals surface area (Å²) >= 11 is 0. The average Bonchev–Trinajstić information content (AvgIpc) is 3.22. The number of carbonyl (C=O) groups excluding carboxylic acids is 2. The number of allylic oxidation sites excluding steroid dienone is 4. The van der Waals surface area contributed by atoms with Crippen molar-refractivity contribution in [1.82, 2.24) is 20.3 Å². The van der Waals surface area contributed by atoms with Crippen molar-refractivity contribution < 1.29 is 50.0 Å². The topological polar surface area (TPSA) is 87.9 Å². The fourth-order valence-corrected chi connectivity index (χ4v) is 3.92. The number of likely N-dealkylation sites (tertiary alicyclic amines) is 1. The molecule has 1 aromatic heterocycles. The van der Waals surface area contributed by atoms with Crippen LogP contribution in [0, 0.1) is 44.1 Å². The standard InChI is InChI=1S/C15H13N2O2.C9H13N2O2.U/c1-10-7-8-13(14(18)16-10)17-9-11-5-3-2-4-6-12(11)15(17)19;1-8-6-9(10-13-8)7-11-2-4-12-5-3-11;/h2-4,13H,1,7-9H2,(H,16,18);6H,1-5,7H2;/q2*-1;+2. The molecule has 0 saturated carbocycles. The van der Waals surface area contributed by atoms with Gasteiger partial charge in [0.05, 0.1) is 13.2 Å². The van der Waals surface area contributed by atoms with Crippen LogP contribution < -0.4 is 5.32 Å². The second-order valence-corrected chi connectivity index (χ2v) is 7.92. The van der Waals surface area contributed by atoms with Gasteiger partial charge < -0.3 is 19.5 Å². The Kier molecular flexibility index (Phi) is 9.02. The van der Waals surface area contributed by atoms with Gasteiger partial charge in [-0.2, -0.15) is 24.0 Å². The molecule has 0 bridgehead atoms. The van der Waals surface area contributed by atoms with Gasteiger partial charge in [-0.25, -0.2) is 6.92 Å². The van der Waals surface area contributed by atoms with Crippen LogP contribution in [-0.4, -0.2) is 65.7 Å². The van der Waals surface area contributed by atoms with Crippen molar-refractivity contribution in [3.63, 3.8) is 0 Å². The summed E-state index contributed by atoms with van der Waals surface area (Å²) in [5, 5.41) is 6.60. The largest absolute Gasteiger partial charge is 2.00 e. The van der Waals surface area contributed by atoms with Crippen molar-refractivity contribution in [1.29, 1.82) is 0 Å². The Balaban J connectivity index is 0.000000192. The number of rotatable bonds is 3. The molecule has 2 amide bonds. The Morgan fingerprint density at radius 3 is 2.82 bits per heavy atom. The van der Waals surface area contributed by atoms with E-state index in [2.05, 4.69) is 40.7 Å². The van der Waals surface area contributed by atoms with E-state index in [4.69, 9.17) is 9.26 Å². The minimum atomic E-state index is -0.419. The quantitative estimate of drug-likeness (QED) is 0.389. The number of fused-ring (bicyclic) bond motifs is 1. The summed E-state index contributed by atoms with van der Waals surface area (Å²) in [7, 11) is 0. The molecule has 1 aliphatic carbocycles. The number of morpholine rings is 1. The van der Waals surface area contributed by atoms with Gasteiger partial charge in [-0.1, -0.05) is 12.7 Å².